The van der Waals surface area contributed by atoms with E-state index in [1.54, 1.807) is 12.4 Å². The topological polar surface area (TPSA) is 51.7 Å². The molecule has 5 heteroatoms. The van der Waals surface area contributed by atoms with E-state index in [4.69, 9.17) is 9.47 Å². The van der Waals surface area contributed by atoms with Gasteiger partial charge in [-0.1, -0.05) is 37.3 Å². The van der Waals surface area contributed by atoms with Gasteiger partial charge >= 0.3 is 0 Å². The van der Waals surface area contributed by atoms with Crippen LogP contribution in [0.25, 0.3) is 0 Å². The molecule has 1 saturated carbocycles. The molecule has 0 N–H and O–H groups in total. The summed E-state index contributed by atoms with van der Waals surface area (Å²) in [4.78, 5) is 20.2. The molecule has 2 aromatic rings. The molecule has 5 rings (SSSR count). The molecular formula is C24H28N2O3. The highest BCUT2D eigenvalue weighted by atomic mass is 16.7. The minimum absolute atomic E-state index is 0.172. The highest BCUT2D eigenvalue weighted by molar-refractivity contribution is 5.90. The summed E-state index contributed by atoms with van der Waals surface area (Å²) < 4.78 is 12.3. The van der Waals surface area contributed by atoms with Crippen molar-refractivity contribution in [2.24, 2.45) is 11.8 Å². The van der Waals surface area contributed by atoms with E-state index in [0.717, 1.165) is 36.9 Å². The molecule has 3 atom stereocenters. The summed E-state index contributed by atoms with van der Waals surface area (Å²) >= 11 is 0. The van der Waals surface area contributed by atoms with Crippen LogP contribution in [0.1, 0.15) is 37.3 Å². The first-order chi connectivity index (χ1) is 14.2. The minimum Gasteiger partial charge on any atom is -0.347 e. The van der Waals surface area contributed by atoms with E-state index in [0.29, 0.717) is 19.8 Å². The van der Waals surface area contributed by atoms with E-state index in [9.17, 15) is 4.79 Å². The molecule has 152 valence electrons. The number of ether oxygens (including phenoxy) is 2. The molecular weight excluding hydrogens is 364 g/mol. The number of carbonyl (C=O) groups is 1. The summed E-state index contributed by atoms with van der Waals surface area (Å²) in [7, 11) is 0. The normalized spacial score (nSPS) is 31.1. The number of pyridine rings is 1. The SMILES string of the molecule is C[C@H]1[C@@H]2CCN(Cc3ccncc3)C(=O)C2(c2ccccc2)CCC12OCCO2. The van der Waals surface area contributed by atoms with E-state index >= 15 is 0 Å². The lowest BCUT2D eigenvalue weighted by Crippen LogP contribution is -2.64. The minimum atomic E-state index is -0.517. The van der Waals surface area contributed by atoms with Gasteiger partial charge in [-0.3, -0.25) is 9.78 Å². The zero-order valence-corrected chi connectivity index (χ0v) is 16.9. The van der Waals surface area contributed by atoms with Crippen LogP contribution in [-0.2, 0) is 26.2 Å². The molecule has 3 aliphatic rings. The highest BCUT2D eigenvalue weighted by Gasteiger charge is 2.62. The van der Waals surface area contributed by atoms with Crippen molar-refractivity contribution in [3.8, 4) is 0 Å². The van der Waals surface area contributed by atoms with Gasteiger partial charge in [0.1, 0.15) is 0 Å². The second-order valence-electron chi connectivity index (χ2n) is 8.61. The Labute approximate surface area is 172 Å². The van der Waals surface area contributed by atoms with Crippen LogP contribution in [0.15, 0.2) is 54.9 Å². The molecule has 1 aliphatic carbocycles. The number of benzene rings is 1. The van der Waals surface area contributed by atoms with Crippen LogP contribution in [0.5, 0.6) is 0 Å². The average molecular weight is 392 g/mol. The number of rotatable bonds is 3. The summed E-state index contributed by atoms with van der Waals surface area (Å²) in [6, 6.07) is 14.4. The third-order valence-corrected chi connectivity index (χ3v) is 7.36. The summed E-state index contributed by atoms with van der Waals surface area (Å²) in [6.45, 7) is 4.92. The van der Waals surface area contributed by atoms with Gasteiger partial charge in [0.05, 0.1) is 18.6 Å². The third-order valence-electron chi connectivity index (χ3n) is 7.36. The molecule has 2 saturated heterocycles. The van der Waals surface area contributed by atoms with Crippen LogP contribution in [0.2, 0.25) is 0 Å². The lowest BCUT2D eigenvalue weighted by molar-refractivity contribution is -0.238. The summed E-state index contributed by atoms with van der Waals surface area (Å²) in [6.07, 6.45) is 6.06. The van der Waals surface area contributed by atoms with E-state index in [2.05, 4.69) is 24.0 Å². The molecule has 1 aromatic heterocycles. The maximum absolute atomic E-state index is 14.1. The fourth-order valence-corrected chi connectivity index (χ4v) is 5.91. The molecule has 2 aliphatic heterocycles. The van der Waals surface area contributed by atoms with E-state index < -0.39 is 11.2 Å². The standard InChI is InChI=1S/C24H28N2O3/c1-18-21-9-14-26(17-19-7-12-25-13-8-19)22(27)23(21,20-5-3-2-4-6-20)10-11-24(18)28-15-16-29-24/h2-8,12-13,18,21H,9-11,14-17H2,1H3/t18-,21-,23?/m0/s1. The van der Waals surface area contributed by atoms with Crippen LogP contribution in [0, 0.1) is 11.8 Å². The second-order valence-corrected chi connectivity index (χ2v) is 8.61. The van der Waals surface area contributed by atoms with Crippen LogP contribution < -0.4 is 0 Å². The molecule has 0 radical (unpaired) electrons. The van der Waals surface area contributed by atoms with Gasteiger partial charge in [-0.2, -0.15) is 0 Å². The molecule has 3 fully saturated rings. The predicted molar refractivity (Wildman–Crippen MR) is 109 cm³/mol. The number of hydrogen-bond acceptors (Lipinski definition) is 4. The number of piperidine rings is 1. The zero-order chi connectivity index (χ0) is 19.9. The molecule has 0 bridgehead atoms. The van der Waals surface area contributed by atoms with Crippen molar-refractivity contribution in [3.05, 3.63) is 66.0 Å². The quantitative estimate of drug-likeness (QED) is 0.802. The van der Waals surface area contributed by atoms with Crippen molar-refractivity contribution in [2.75, 3.05) is 19.8 Å². The number of fused-ring (bicyclic) bond motifs is 1. The fraction of sp³-hybridized carbons (Fsp3) is 0.500. The number of likely N-dealkylation sites (tertiary alicyclic amines) is 1. The van der Waals surface area contributed by atoms with Crippen molar-refractivity contribution in [1.82, 2.24) is 9.88 Å². The van der Waals surface area contributed by atoms with Crippen LogP contribution >= 0.6 is 0 Å². The van der Waals surface area contributed by atoms with Gasteiger partial charge < -0.3 is 14.4 Å². The van der Waals surface area contributed by atoms with E-state index in [1.165, 1.54) is 0 Å². The van der Waals surface area contributed by atoms with Crippen molar-refractivity contribution < 1.29 is 14.3 Å². The Balaban J connectivity index is 1.53. The average Bonchev–Trinajstić information content (AvgIpc) is 3.24. The van der Waals surface area contributed by atoms with Crippen molar-refractivity contribution in [3.63, 3.8) is 0 Å². The van der Waals surface area contributed by atoms with Gasteiger partial charge in [-0.25, -0.2) is 0 Å². The Morgan fingerprint density at radius 3 is 2.52 bits per heavy atom. The van der Waals surface area contributed by atoms with Crippen LogP contribution in [-0.4, -0.2) is 41.3 Å². The van der Waals surface area contributed by atoms with Crippen molar-refractivity contribution in [2.45, 2.75) is 43.9 Å². The first-order valence-corrected chi connectivity index (χ1v) is 10.7. The fourth-order valence-electron chi connectivity index (χ4n) is 5.91. The number of amides is 1. The van der Waals surface area contributed by atoms with Gasteiger partial charge in [-0.05, 0) is 42.0 Å². The van der Waals surface area contributed by atoms with Crippen molar-refractivity contribution >= 4 is 5.91 Å². The number of aromatic nitrogens is 1. The van der Waals surface area contributed by atoms with Crippen molar-refractivity contribution in [1.29, 1.82) is 0 Å². The molecule has 1 unspecified atom stereocenters. The van der Waals surface area contributed by atoms with Gasteiger partial charge in [0.15, 0.2) is 5.79 Å². The smallest absolute Gasteiger partial charge is 0.233 e. The Bertz CT molecular complexity index is 866. The summed E-state index contributed by atoms with van der Waals surface area (Å²) in [5.74, 6) is 0.108. The summed E-state index contributed by atoms with van der Waals surface area (Å²) in [5.41, 5.74) is 1.75. The van der Waals surface area contributed by atoms with E-state index in [-0.39, 0.29) is 17.7 Å². The van der Waals surface area contributed by atoms with Crippen LogP contribution in [0.3, 0.4) is 0 Å². The van der Waals surface area contributed by atoms with Crippen LogP contribution in [0.4, 0.5) is 0 Å². The Morgan fingerprint density at radius 1 is 1.07 bits per heavy atom. The molecule has 29 heavy (non-hydrogen) atoms. The molecule has 1 aromatic carbocycles. The van der Waals surface area contributed by atoms with Gasteiger partial charge in [-0.15, -0.1) is 0 Å². The Hall–Kier alpha value is -2.24. The molecule has 1 spiro atoms. The first kappa shape index (κ1) is 18.8. The van der Waals surface area contributed by atoms with E-state index in [1.807, 2.05) is 35.2 Å². The number of hydrogen-bond donors (Lipinski definition) is 0. The predicted octanol–water partition coefficient (Wildman–Crippen LogP) is 3.54. The Kier molecular flexibility index (Phi) is 4.67. The summed E-state index contributed by atoms with van der Waals surface area (Å²) in [5, 5.41) is 0. The van der Waals surface area contributed by atoms with Gasteiger partial charge in [0.2, 0.25) is 5.91 Å². The lowest BCUT2D eigenvalue weighted by Gasteiger charge is -2.56. The first-order valence-electron chi connectivity index (χ1n) is 10.7. The largest absolute Gasteiger partial charge is 0.347 e. The molecule has 3 heterocycles. The highest BCUT2D eigenvalue weighted by Crippen LogP contribution is 2.56. The lowest BCUT2D eigenvalue weighted by atomic mass is 9.54. The molecule has 5 nitrogen and oxygen atoms in total. The van der Waals surface area contributed by atoms with Gasteiger partial charge in [0.25, 0.3) is 0 Å². The Morgan fingerprint density at radius 2 is 1.79 bits per heavy atom. The maximum Gasteiger partial charge on any atom is 0.233 e. The second kappa shape index (κ2) is 7.22. The zero-order valence-electron chi connectivity index (χ0n) is 16.9. The number of carbonyl (C=O) groups excluding carboxylic acids is 1. The third kappa shape index (κ3) is 2.90. The maximum atomic E-state index is 14.1. The molecule has 1 amide bonds. The monoisotopic (exact) mass is 392 g/mol. The van der Waals surface area contributed by atoms with Gasteiger partial charge in [0, 0.05) is 37.8 Å². The number of nitrogens with zero attached hydrogens (tertiary/aromatic N) is 2.